The zero-order valence-corrected chi connectivity index (χ0v) is 22.0. The molecule has 0 fully saturated rings. The first kappa shape index (κ1) is 26.1. The van der Waals surface area contributed by atoms with Crippen LogP contribution in [0.3, 0.4) is 0 Å². The van der Waals surface area contributed by atoms with E-state index in [0.29, 0.717) is 48.3 Å². The quantitative estimate of drug-likeness (QED) is 0.243. The first-order valence-corrected chi connectivity index (χ1v) is 12.7. The summed E-state index contributed by atoms with van der Waals surface area (Å²) in [7, 11) is 4.11. The topological polar surface area (TPSA) is 72.1 Å². The molecule has 1 aliphatic rings. The molecule has 1 heterocycles. The molecule has 0 saturated carbocycles. The SMILES string of the molecule is CCOc1cc2c(cc1OCC)/C(=C(\Nc1ccc(OCCCN(C)C)cc1)c1ccccc1)C(=O)N2. The van der Waals surface area contributed by atoms with E-state index in [1.54, 1.807) is 0 Å². The number of hydrogen-bond acceptors (Lipinski definition) is 6. The molecular weight excluding hydrogens is 466 g/mol. The fraction of sp³-hybridized carbons (Fsp3) is 0.300. The zero-order chi connectivity index (χ0) is 26.2. The fourth-order valence-electron chi connectivity index (χ4n) is 4.20. The highest BCUT2D eigenvalue weighted by atomic mass is 16.5. The number of amides is 1. The second-order valence-electron chi connectivity index (χ2n) is 8.94. The molecule has 0 bridgehead atoms. The summed E-state index contributed by atoms with van der Waals surface area (Å²) in [6.07, 6.45) is 0.959. The van der Waals surface area contributed by atoms with Crippen LogP contribution < -0.4 is 24.8 Å². The van der Waals surface area contributed by atoms with E-state index in [0.717, 1.165) is 35.5 Å². The highest BCUT2D eigenvalue weighted by Gasteiger charge is 2.30. The summed E-state index contributed by atoms with van der Waals surface area (Å²) in [5.74, 6) is 1.85. The minimum Gasteiger partial charge on any atom is -0.494 e. The van der Waals surface area contributed by atoms with E-state index in [4.69, 9.17) is 14.2 Å². The Hall–Kier alpha value is -3.97. The van der Waals surface area contributed by atoms with Crippen molar-refractivity contribution in [3.8, 4) is 17.2 Å². The summed E-state index contributed by atoms with van der Waals surface area (Å²) in [5, 5.41) is 6.50. The minimum atomic E-state index is -0.182. The van der Waals surface area contributed by atoms with E-state index in [9.17, 15) is 4.79 Å². The molecule has 0 atom stereocenters. The maximum atomic E-state index is 13.3. The van der Waals surface area contributed by atoms with Crippen molar-refractivity contribution in [2.75, 3.05) is 51.1 Å². The number of benzene rings is 3. The van der Waals surface area contributed by atoms with Gasteiger partial charge in [-0.05, 0) is 70.3 Å². The van der Waals surface area contributed by atoms with Crippen LogP contribution >= 0.6 is 0 Å². The third-order valence-corrected chi connectivity index (χ3v) is 5.88. The van der Waals surface area contributed by atoms with Gasteiger partial charge in [0.1, 0.15) is 5.75 Å². The third-order valence-electron chi connectivity index (χ3n) is 5.88. The van der Waals surface area contributed by atoms with E-state index in [1.165, 1.54) is 0 Å². The molecule has 0 spiro atoms. The molecule has 0 radical (unpaired) electrons. The van der Waals surface area contributed by atoms with Gasteiger partial charge in [0.2, 0.25) is 0 Å². The normalized spacial score (nSPS) is 13.7. The van der Waals surface area contributed by atoms with Crippen LogP contribution in [0.15, 0.2) is 66.7 Å². The molecule has 0 aromatic heterocycles. The molecule has 4 rings (SSSR count). The van der Waals surface area contributed by atoms with Crippen molar-refractivity contribution in [1.82, 2.24) is 4.90 Å². The molecule has 0 saturated heterocycles. The van der Waals surface area contributed by atoms with Crippen LogP contribution in [-0.2, 0) is 4.79 Å². The molecule has 0 unspecified atom stereocenters. The summed E-state index contributed by atoms with van der Waals surface area (Å²) in [4.78, 5) is 15.4. The summed E-state index contributed by atoms with van der Waals surface area (Å²) < 4.78 is 17.5. The van der Waals surface area contributed by atoms with Crippen LogP contribution in [0.2, 0.25) is 0 Å². The van der Waals surface area contributed by atoms with Crippen molar-refractivity contribution >= 4 is 28.6 Å². The molecule has 194 valence electrons. The van der Waals surface area contributed by atoms with E-state index in [-0.39, 0.29) is 5.91 Å². The predicted octanol–water partition coefficient (Wildman–Crippen LogP) is 5.75. The standard InChI is InChI=1S/C30H35N3O4/c1-5-35-26-19-24-25(20-27(26)36-6-2)32-30(34)28(24)29(21-11-8-7-9-12-21)31-22-13-15-23(16-14-22)37-18-10-17-33(3)4/h7-9,11-16,19-20,31H,5-6,10,17-18H2,1-4H3,(H,32,34)/b29-28+. The molecule has 7 heteroatoms. The predicted molar refractivity (Wildman–Crippen MR) is 149 cm³/mol. The van der Waals surface area contributed by atoms with E-state index >= 15 is 0 Å². The number of nitrogens with zero attached hydrogens (tertiary/aromatic N) is 1. The van der Waals surface area contributed by atoms with Crippen molar-refractivity contribution in [3.63, 3.8) is 0 Å². The summed E-state index contributed by atoms with van der Waals surface area (Å²) >= 11 is 0. The van der Waals surface area contributed by atoms with Gasteiger partial charge in [0.15, 0.2) is 11.5 Å². The van der Waals surface area contributed by atoms with Crippen LogP contribution in [0.1, 0.15) is 31.4 Å². The third kappa shape index (κ3) is 6.43. The lowest BCUT2D eigenvalue weighted by Crippen LogP contribution is -2.15. The van der Waals surface area contributed by atoms with Gasteiger partial charge in [-0.2, -0.15) is 0 Å². The van der Waals surface area contributed by atoms with E-state index < -0.39 is 0 Å². The number of rotatable bonds is 12. The molecule has 3 aromatic carbocycles. The highest BCUT2D eigenvalue weighted by molar-refractivity contribution is 6.37. The molecule has 3 aromatic rings. The molecule has 1 amide bonds. The number of fused-ring (bicyclic) bond motifs is 1. The Morgan fingerprint density at radius 3 is 2.22 bits per heavy atom. The maximum Gasteiger partial charge on any atom is 0.258 e. The average molecular weight is 502 g/mol. The molecule has 2 N–H and O–H groups in total. The van der Waals surface area contributed by atoms with Gasteiger partial charge in [0.05, 0.1) is 36.8 Å². The summed E-state index contributed by atoms with van der Waals surface area (Å²) in [5.41, 5.74) is 4.48. The summed E-state index contributed by atoms with van der Waals surface area (Å²) in [6.45, 7) is 6.48. The monoisotopic (exact) mass is 501 g/mol. The van der Waals surface area contributed by atoms with Crippen LogP contribution in [0, 0.1) is 0 Å². The number of hydrogen-bond donors (Lipinski definition) is 2. The first-order valence-electron chi connectivity index (χ1n) is 12.7. The largest absolute Gasteiger partial charge is 0.494 e. The Bertz CT molecular complexity index is 1240. The number of ether oxygens (including phenoxy) is 3. The number of carbonyl (C=O) groups is 1. The van der Waals surface area contributed by atoms with Gasteiger partial charge in [0, 0.05) is 23.9 Å². The Morgan fingerprint density at radius 1 is 0.892 bits per heavy atom. The smallest absolute Gasteiger partial charge is 0.258 e. The van der Waals surface area contributed by atoms with Gasteiger partial charge >= 0.3 is 0 Å². The fourth-order valence-corrected chi connectivity index (χ4v) is 4.20. The van der Waals surface area contributed by atoms with Crippen molar-refractivity contribution in [1.29, 1.82) is 0 Å². The first-order chi connectivity index (χ1) is 18.0. The second-order valence-corrected chi connectivity index (χ2v) is 8.94. The lowest BCUT2D eigenvalue weighted by atomic mass is 9.99. The molecule has 37 heavy (non-hydrogen) atoms. The Labute approximate surface area is 219 Å². The van der Waals surface area contributed by atoms with Gasteiger partial charge in [-0.15, -0.1) is 0 Å². The van der Waals surface area contributed by atoms with Crippen LogP contribution in [0.4, 0.5) is 11.4 Å². The minimum absolute atomic E-state index is 0.182. The van der Waals surface area contributed by atoms with E-state index in [1.807, 2.05) is 80.6 Å². The van der Waals surface area contributed by atoms with E-state index in [2.05, 4.69) is 29.6 Å². The lowest BCUT2D eigenvalue weighted by Gasteiger charge is -2.16. The van der Waals surface area contributed by atoms with Gasteiger partial charge < -0.3 is 29.7 Å². The van der Waals surface area contributed by atoms with Crippen LogP contribution in [0.5, 0.6) is 17.2 Å². The Kier molecular flexibility index (Phi) is 8.69. The lowest BCUT2D eigenvalue weighted by molar-refractivity contribution is -0.110. The number of carbonyl (C=O) groups excluding carboxylic acids is 1. The zero-order valence-electron chi connectivity index (χ0n) is 22.0. The van der Waals surface area contributed by atoms with Crippen molar-refractivity contribution in [2.24, 2.45) is 0 Å². The summed E-state index contributed by atoms with van der Waals surface area (Å²) in [6, 6.07) is 21.4. The van der Waals surface area contributed by atoms with Crippen LogP contribution in [-0.4, -0.2) is 51.3 Å². The maximum absolute atomic E-state index is 13.3. The number of anilines is 2. The van der Waals surface area contributed by atoms with Gasteiger partial charge in [-0.3, -0.25) is 4.79 Å². The molecule has 1 aliphatic heterocycles. The second kappa shape index (κ2) is 12.3. The average Bonchev–Trinajstić information content (AvgIpc) is 3.21. The Balaban J connectivity index is 1.68. The van der Waals surface area contributed by atoms with Gasteiger partial charge in [0.25, 0.3) is 5.91 Å². The van der Waals surface area contributed by atoms with Crippen molar-refractivity contribution in [2.45, 2.75) is 20.3 Å². The number of nitrogens with one attached hydrogen (secondary N) is 2. The van der Waals surface area contributed by atoms with Gasteiger partial charge in [-0.1, -0.05) is 30.3 Å². The molecule has 0 aliphatic carbocycles. The highest BCUT2D eigenvalue weighted by Crippen LogP contribution is 2.43. The van der Waals surface area contributed by atoms with Crippen LogP contribution in [0.25, 0.3) is 11.3 Å². The molecule has 7 nitrogen and oxygen atoms in total. The Morgan fingerprint density at radius 2 is 1.57 bits per heavy atom. The van der Waals surface area contributed by atoms with Crippen molar-refractivity contribution < 1.29 is 19.0 Å². The van der Waals surface area contributed by atoms with Gasteiger partial charge in [-0.25, -0.2) is 0 Å². The molecular formula is C30H35N3O4. The van der Waals surface area contributed by atoms with Crippen molar-refractivity contribution in [3.05, 3.63) is 77.9 Å².